The lowest BCUT2D eigenvalue weighted by Gasteiger charge is -2.20. The molecule has 17 heavy (non-hydrogen) atoms. The monoisotopic (exact) mass is 253 g/mol. The summed E-state index contributed by atoms with van der Waals surface area (Å²) in [5, 5.41) is 4.17. The van der Waals surface area contributed by atoms with Gasteiger partial charge in [-0.15, -0.1) is 0 Å². The van der Waals surface area contributed by atoms with Crippen molar-refractivity contribution < 1.29 is 4.21 Å². The summed E-state index contributed by atoms with van der Waals surface area (Å²) in [7, 11) is -0.641. The number of aromatic nitrogens is 2. The van der Waals surface area contributed by atoms with Gasteiger partial charge in [0.15, 0.2) is 0 Å². The SMILES string of the molecule is C=Cn1cc(CN2CC[S@](=O)C[C@@H](C)C2)cn1. The van der Waals surface area contributed by atoms with Gasteiger partial charge in [0.1, 0.15) is 0 Å². The Bertz CT molecular complexity index is 416. The average Bonchev–Trinajstić information content (AvgIpc) is 2.66. The number of rotatable bonds is 3. The van der Waals surface area contributed by atoms with Crippen LogP contribution < -0.4 is 0 Å². The molecule has 1 fully saturated rings. The first-order chi connectivity index (χ1) is 8.17. The van der Waals surface area contributed by atoms with Crippen LogP contribution in [0.4, 0.5) is 0 Å². The zero-order valence-corrected chi connectivity index (χ0v) is 11.0. The molecule has 4 nitrogen and oxygen atoms in total. The Labute approximate surface area is 105 Å². The van der Waals surface area contributed by atoms with Gasteiger partial charge in [0.05, 0.1) is 6.20 Å². The van der Waals surface area contributed by atoms with Gasteiger partial charge in [-0.3, -0.25) is 9.11 Å². The van der Waals surface area contributed by atoms with E-state index in [1.807, 2.05) is 12.4 Å². The van der Waals surface area contributed by atoms with Crippen molar-refractivity contribution in [3.63, 3.8) is 0 Å². The topological polar surface area (TPSA) is 38.1 Å². The van der Waals surface area contributed by atoms with Gasteiger partial charge >= 0.3 is 0 Å². The van der Waals surface area contributed by atoms with Gasteiger partial charge in [0, 0.05) is 59.9 Å². The molecular formula is C12H19N3OS. The lowest BCUT2D eigenvalue weighted by molar-refractivity contribution is 0.257. The van der Waals surface area contributed by atoms with Crippen molar-refractivity contribution >= 4 is 17.0 Å². The van der Waals surface area contributed by atoms with Crippen LogP contribution in [0.2, 0.25) is 0 Å². The van der Waals surface area contributed by atoms with Crippen molar-refractivity contribution in [1.82, 2.24) is 14.7 Å². The smallest absolute Gasteiger partial charge is 0.0539 e. The van der Waals surface area contributed by atoms with Crippen molar-refractivity contribution in [2.75, 3.05) is 24.6 Å². The van der Waals surface area contributed by atoms with Crippen LogP contribution in [0.1, 0.15) is 12.5 Å². The molecule has 1 aromatic heterocycles. The molecule has 1 aromatic rings. The molecule has 0 N–H and O–H groups in total. The molecule has 0 radical (unpaired) electrons. The molecule has 2 heterocycles. The standard InChI is InChI=1S/C12H19N3OS/c1-3-15-9-12(6-13-15)8-14-4-5-17(16)10-11(2)7-14/h3,6,9,11H,1,4-5,7-8,10H2,2H3/t11-,17-/m0/s1. The highest BCUT2D eigenvalue weighted by molar-refractivity contribution is 7.85. The maximum absolute atomic E-state index is 11.6. The van der Waals surface area contributed by atoms with Gasteiger partial charge in [-0.2, -0.15) is 5.10 Å². The Morgan fingerprint density at radius 1 is 1.71 bits per heavy atom. The molecule has 94 valence electrons. The lowest BCUT2D eigenvalue weighted by Crippen LogP contribution is -2.28. The summed E-state index contributed by atoms with van der Waals surface area (Å²) >= 11 is 0. The number of nitrogens with zero attached hydrogens (tertiary/aromatic N) is 3. The highest BCUT2D eigenvalue weighted by Gasteiger charge is 2.19. The predicted molar refractivity (Wildman–Crippen MR) is 70.9 cm³/mol. The highest BCUT2D eigenvalue weighted by Crippen LogP contribution is 2.12. The molecule has 2 rings (SSSR count). The van der Waals surface area contributed by atoms with Crippen LogP contribution in [-0.2, 0) is 17.3 Å². The first-order valence-corrected chi connectivity index (χ1v) is 7.39. The zero-order chi connectivity index (χ0) is 12.3. The predicted octanol–water partition coefficient (Wildman–Crippen LogP) is 1.18. The Morgan fingerprint density at radius 2 is 2.53 bits per heavy atom. The van der Waals surface area contributed by atoms with Crippen LogP contribution in [0.5, 0.6) is 0 Å². The Morgan fingerprint density at radius 3 is 3.24 bits per heavy atom. The van der Waals surface area contributed by atoms with E-state index in [4.69, 9.17) is 0 Å². The molecule has 0 aromatic carbocycles. The van der Waals surface area contributed by atoms with E-state index in [0.717, 1.165) is 31.1 Å². The van der Waals surface area contributed by atoms with Crippen molar-refractivity contribution in [2.24, 2.45) is 5.92 Å². The van der Waals surface area contributed by atoms with E-state index in [2.05, 4.69) is 23.5 Å². The molecule has 0 amide bonds. The zero-order valence-electron chi connectivity index (χ0n) is 10.2. The molecule has 0 unspecified atom stereocenters. The maximum Gasteiger partial charge on any atom is 0.0539 e. The van der Waals surface area contributed by atoms with Gasteiger partial charge in [0.2, 0.25) is 0 Å². The minimum atomic E-state index is -0.641. The van der Waals surface area contributed by atoms with Crippen LogP contribution >= 0.6 is 0 Å². The second-order valence-electron chi connectivity index (χ2n) is 4.66. The molecule has 0 spiro atoms. The Balaban J connectivity index is 1.97. The summed E-state index contributed by atoms with van der Waals surface area (Å²) in [4.78, 5) is 2.36. The lowest BCUT2D eigenvalue weighted by atomic mass is 10.2. The molecule has 0 bridgehead atoms. The van der Waals surface area contributed by atoms with E-state index in [-0.39, 0.29) is 0 Å². The van der Waals surface area contributed by atoms with Gasteiger partial charge in [-0.05, 0) is 5.92 Å². The Kier molecular flexibility index (Phi) is 4.12. The fourth-order valence-electron chi connectivity index (χ4n) is 2.18. The second kappa shape index (κ2) is 5.60. The van der Waals surface area contributed by atoms with E-state index in [9.17, 15) is 4.21 Å². The third kappa shape index (κ3) is 3.51. The average molecular weight is 253 g/mol. The summed E-state index contributed by atoms with van der Waals surface area (Å²) in [6.45, 7) is 8.66. The first kappa shape index (κ1) is 12.5. The van der Waals surface area contributed by atoms with Crippen molar-refractivity contribution in [2.45, 2.75) is 13.5 Å². The minimum Gasteiger partial charge on any atom is -0.298 e. The van der Waals surface area contributed by atoms with Crippen LogP contribution in [0.15, 0.2) is 19.0 Å². The van der Waals surface area contributed by atoms with E-state index >= 15 is 0 Å². The van der Waals surface area contributed by atoms with Crippen molar-refractivity contribution in [3.8, 4) is 0 Å². The van der Waals surface area contributed by atoms with Gasteiger partial charge in [0.25, 0.3) is 0 Å². The third-order valence-electron chi connectivity index (χ3n) is 2.92. The highest BCUT2D eigenvalue weighted by atomic mass is 32.2. The van der Waals surface area contributed by atoms with E-state index in [1.54, 1.807) is 10.9 Å². The summed E-state index contributed by atoms with van der Waals surface area (Å²) in [5.41, 5.74) is 1.18. The molecule has 1 aliphatic rings. The van der Waals surface area contributed by atoms with Gasteiger partial charge in [-0.1, -0.05) is 13.5 Å². The number of hydrogen-bond donors (Lipinski definition) is 0. The normalized spacial score (nSPS) is 26.6. The molecule has 1 saturated heterocycles. The van der Waals surface area contributed by atoms with Crippen molar-refractivity contribution in [3.05, 3.63) is 24.5 Å². The van der Waals surface area contributed by atoms with Gasteiger partial charge in [-0.25, -0.2) is 4.68 Å². The summed E-state index contributed by atoms with van der Waals surface area (Å²) in [5.74, 6) is 2.13. The first-order valence-electron chi connectivity index (χ1n) is 5.90. The summed E-state index contributed by atoms with van der Waals surface area (Å²) < 4.78 is 13.3. The molecule has 2 atom stereocenters. The summed E-state index contributed by atoms with van der Waals surface area (Å²) in [6.07, 6.45) is 5.54. The van der Waals surface area contributed by atoms with Crippen molar-refractivity contribution in [1.29, 1.82) is 0 Å². The number of hydrogen-bond acceptors (Lipinski definition) is 3. The third-order valence-corrected chi connectivity index (χ3v) is 4.50. The largest absolute Gasteiger partial charge is 0.298 e. The summed E-state index contributed by atoms with van der Waals surface area (Å²) in [6, 6.07) is 0. The second-order valence-corrected chi connectivity index (χ2v) is 6.28. The van der Waals surface area contributed by atoms with Crippen LogP contribution in [0.3, 0.4) is 0 Å². The van der Waals surface area contributed by atoms with Crippen LogP contribution in [0.25, 0.3) is 6.20 Å². The molecule has 1 aliphatic heterocycles. The van der Waals surface area contributed by atoms with E-state index in [0.29, 0.717) is 5.92 Å². The van der Waals surface area contributed by atoms with E-state index < -0.39 is 10.8 Å². The molecule has 0 saturated carbocycles. The van der Waals surface area contributed by atoms with E-state index in [1.165, 1.54) is 5.56 Å². The molecular weight excluding hydrogens is 234 g/mol. The van der Waals surface area contributed by atoms with Crippen LogP contribution in [0, 0.1) is 5.92 Å². The van der Waals surface area contributed by atoms with Gasteiger partial charge < -0.3 is 0 Å². The minimum absolute atomic E-state index is 0.507. The Hall–Kier alpha value is -0.940. The molecule has 0 aliphatic carbocycles. The fraction of sp³-hybridized carbons (Fsp3) is 0.583. The molecule has 5 heteroatoms. The quantitative estimate of drug-likeness (QED) is 0.812. The van der Waals surface area contributed by atoms with Crippen LogP contribution in [-0.4, -0.2) is 43.5 Å². The fourth-order valence-corrected chi connectivity index (χ4v) is 3.55. The maximum atomic E-state index is 11.6.